The van der Waals surface area contributed by atoms with Crippen molar-refractivity contribution in [3.63, 3.8) is 0 Å². The third-order valence-corrected chi connectivity index (χ3v) is 3.41. The van der Waals surface area contributed by atoms with Gasteiger partial charge in [0.2, 0.25) is 0 Å². The molecule has 1 aromatic heterocycles. The average Bonchev–Trinajstić information content (AvgIpc) is 2.37. The van der Waals surface area contributed by atoms with Crippen LogP contribution in [0.4, 0.5) is 5.69 Å². The Morgan fingerprint density at radius 2 is 2.15 bits per heavy atom. The highest BCUT2D eigenvalue weighted by Gasteiger charge is 2.10. The Labute approximate surface area is 121 Å². The third-order valence-electron chi connectivity index (χ3n) is 3.41. The zero-order valence-electron chi connectivity index (χ0n) is 12.8. The molecule has 0 saturated heterocycles. The second-order valence-corrected chi connectivity index (χ2v) is 5.38. The van der Waals surface area contributed by atoms with Gasteiger partial charge in [-0.2, -0.15) is 0 Å². The fourth-order valence-corrected chi connectivity index (χ4v) is 1.84. The summed E-state index contributed by atoms with van der Waals surface area (Å²) in [5.74, 6) is -0.945. The highest BCUT2D eigenvalue weighted by atomic mass is 16.4. The number of hydrogen-bond acceptors (Lipinski definition) is 4. The molecule has 0 fully saturated rings. The molecule has 2 N–H and O–H groups in total. The van der Waals surface area contributed by atoms with Gasteiger partial charge in [-0.05, 0) is 53.3 Å². The van der Waals surface area contributed by atoms with Gasteiger partial charge in [0, 0.05) is 24.5 Å². The number of unbranched alkanes of at least 4 members (excludes halogenated alkanes) is 1. The van der Waals surface area contributed by atoms with Crippen molar-refractivity contribution in [3.05, 3.63) is 23.5 Å². The van der Waals surface area contributed by atoms with E-state index in [9.17, 15) is 4.79 Å². The summed E-state index contributed by atoms with van der Waals surface area (Å²) in [5.41, 5.74) is 1.70. The van der Waals surface area contributed by atoms with Crippen LogP contribution in [0.1, 0.15) is 42.7 Å². The van der Waals surface area contributed by atoms with Crippen LogP contribution in [0, 0.1) is 6.92 Å². The van der Waals surface area contributed by atoms with Crippen LogP contribution in [0.5, 0.6) is 0 Å². The molecule has 1 aromatic rings. The van der Waals surface area contributed by atoms with Crippen molar-refractivity contribution < 1.29 is 9.90 Å². The van der Waals surface area contributed by atoms with Gasteiger partial charge in [0.15, 0.2) is 0 Å². The lowest BCUT2D eigenvalue weighted by Gasteiger charge is -2.20. The normalized spacial score (nSPS) is 11.1. The summed E-state index contributed by atoms with van der Waals surface area (Å²) in [5, 5.41) is 12.3. The van der Waals surface area contributed by atoms with E-state index in [4.69, 9.17) is 5.11 Å². The van der Waals surface area contributed by atoms with Gasteiger partial charge in [0.1, 0.15) is 5.56 Å². The summed E-state index contributed by atoms with van der Waals surface area (Å²) in [6.45, 7) is 8.04. The van der Waals surface area contributed by atoms with Crippen LogP contribution < -0.4 is 5.32 Å². The number of carbonyl (C=O) groups is 1. The lowest BCUT2D eigenvalue weighted by Crippen LogP contribution is -2.27. The molecule has 0 bridgehead atoms. The van der Waals surface area contributed by atoms with E-state index in [-0.39, 0.29) is 5.56 Å². The molecule has 0 spiro atoms. The third kappa shape index (κ3) is 5.17. The molecular formula is C15H25N3O2. The molecule has 1 rings (SSSR count). The number of anilines is 1. The lowest BCUT2D eigenvalue weighted by atomic mass is 10.2. The number of hydrogen-bond donors (Lipinski definition) is 2. The maximum Gasteiger partial charge on any atom is 0.339 e. The molecule has 0 atom stereocenters. The number of aromatic nitrogens is 1. The summed E-state index contributed by atoms with van der Waals surface area (Å²) in [6, 6.07) is 2.34. The van der Waals surface area contributed by atoms with Crippen molar-refractivity contribution in [2.45, 2.75) is 39.7 Å². The molecule has 0 unspecified atom stereocenters. The van der Waals surface area contributed by atoms with Gasteiger partial charge in [-0.1, -0.05) is 0 Å². The van der Waals surface area contributed by atoms with Crippen LogP contribution in [0.15, 0.2) is 12.3 Å². The predicted octanol–water partition coefficient (Wildman–Crippen LogP) is 2.62. The van der Waals surface area contributed by atoms with Crippen LogP contribution in [0.25, 0.3) is 0 Å². The first-order valence-electron chi connectivity index (χ1n) is 7.06. The molecule has 112 valence electrons. The smallest absolute Gasteiger partial charge is 0.339 e. The van der Waals surface area contributed by atoms with E-state index < -0.39 is 5.97 Å². The van der Waals surface area contributed by atoms with E-state index in [1.807, 2.05) is 6.92 Å². The zero-order valence-corrected chi connectivity index (χ0v) is 12.8. The van der Waals surface area contributed by atoms with Crippen LogP contribution in [-0.2, 0) is 0 Å². The number of carboxylic acids is 1. The van der Waals surface area contributed by atoms with Gasteiger partial charge < -0.3 is 15.3 Å². The standard InChI is InChI=1S/C15H25N3O2/c1-11(2)18(4)8-6-5-7-16-14-9-12(3)17-10-13(14)15(19)20/h9-11H,5-8H2,1-4H3,(H,16,17)(H,19,20). The van der Waals surface area contributed by atoms with E-state index >= 15 is 0 Å². The molecule has 5 nitrogen and oxygen atoms in total. The summed E-state index contributed by atoms with van der Waals surface area (Å²) in [7, 11) is 2.12. The van der Waals surface area contributed by atoms with E-state index in [0.29, 0.717) is 11.7 Å². The summed E-state index contributed by atoms with van der Waals surface area (Å²) < 4.78 is 0. The van der Waals surface area contributed by atoms with Gasteiger partial charge in [-0.3, -0.25) is 4.98 Å². The van der Waals surface area contributed by atoms with E-state index in [1.165, 1.54) is 6.20 Å². The average molecular weight is 279 g/mol. The molecule has 1 heterocycles. The molecule has 0 aromatic carbocycles. The van der Waals surface area contributed by atoms with Crippen LogP contribution >= 0.6 is 0 Å². The fourth-order valence-electron chi connectivity index (χ4n) is 1.84. The fraction of sp³-hybridized carbons (Fsp3) is 0.600. The monoisotopic (exact) mass is 279 g/mol. The Bertz CT molecular complexity index is 447. The largest absolute Gasteiger partial charge is 0.478 e. The molecule has 0 saturated carbocycles. The number of aromatic carboxylic acids is 1. The van der Waals surface area contributed by atoms with Crippen molar-refractivity contribution in [2.75, 3.05) is 25.5 Å². The second-order valence-electron chi connectivity index (χ2n) is 5.38. The number of carboxylic acid groups (broad SMARTS) is 1. The first kappa shape index (κ1) is 16.4. The lowest BCUT2D eigenvalue weighted by molar-refractivity contribution is 0.0697. The Hall–Kier alpha value is -1.62. The molecule has 0 aliphatic rings. The number of pyridine rings is 1. The summed E-state index contributed by atoms with van der Waals surface area (Å²) in [6.07, 6.45) is 3.51. The predicted molar refractivity (Wildman–Crippen MR) is 81.4 cm³/mol. The van der Waals surface area contributed by atoms with Crippen LogP contribution in [0.2, 0.25) is 0 Å². The van der Waals surface area contributed by atoms with E-state index in [1.54, 1.807) is 6.07 Å². The SMILES string of the molecule is Cc1cc(NCCCCN(C)C(C)C)c(C(=O)O)cn1. The molecule has 20 heavy (non-hydrogen) atoms. The highest BCUT2D eigenvalue weighted by molar-refractivity contribution is 5.93. The van der Waals surface area contributed by atoms with Crippen LogP contribution in [-0.4, -0.2) is 47.1 Å². The Kier molecular flexibility index (Phi) is 6.45. The highest BCUT2D eigenvalue weighted by Crippen LogP contribution is 2.15. The first-order valence-corrected chi connectivity index (χ1v) is 7.06. The van der Waals surface area contributed by atoms with Gasteiger partial charge in [0.05, 0.1) is 5.69 Å². The van der Waals surface area contributed by atoms with Gasteiger partial charge in [0.25, 0.3) is 0 Å². The van der Waals surface area contributed by atoms with Crippen LogP contribution in [0.3, 0.4) is 0 Å². The van der Waals surface area contributed by atoms with Crippen molar-refractivity contribution >= 4 is 11.7 Å². The van der Waals surface area contributed by atoms with Gasteiger partial charge >= 0.3 is 5.97 Å². The summed E-state index contributed by atoms with van der Waals surface area (Å²) in [4.78, 5) is 17.4. The number of nitrogens with one attached hydrogen (secondary N) is 1. The minimum atomic E-state index is -0.945. The zero-order chi connectivity index (χ0) is 15.1. The van der Waals surface area contributed by atoms with Crippen molar-refractivity contribution in [3.8, 4) is 0 Å². The van der Waals surface area contributed by atoms with Crippen molar-refractivity contribution in [2.24, 2.45) is 0 Å². The molecule has 0 radical (unpaired) electrons. The minimum absolute atomic E-state index is 0.231. The second kappa shape index (κ2) is 7.85. The Balaban J connectivity index is 2.42. The number of nitrogens with zero attached hydrogens (tertiary/aromatic N) is 2. The van der Waals surface area contributed by atoms with Crippen molar-refractivity contribution in [1.82, 2.24) is 9.88 Å². The van der Waals surface area contributed by atoms with Crippen molar-refractivity contribution in [1.29, 1.82) is 0 Å². The molecule has 0 amide bonds. The number of aryl methyl sites for hydroxylation is 1. The molecular weight excluding hydrogens is 254 g/mol. The number of rotatable bonds is 8. The topological polar surface area (TPSA) is 65.5 Å². The van der Waals surface area contributed by atoms with Gasteiger partial charge in [-0.25, -0.2) is 4.79 Å². The maximum absolute atomic E-state index is 11.1. The minimum Gasteiger partial charge on any atom is -0.478 e. The Morgan fingerprint density at radius 1 is 1.45 bits per heavy atom. The maximum atomic E-state index is 11.1. The molecule has 5 heteroatoms. The quantitative estimate of drug-likeness (QED) is 0.716. The first-order chi connectivity index (χ1) is 9.41. The van der Waals surface area contributed by atoms with Gasteiger partial charge in [-0.15, -0.1) is 0 Å². The molecule has 0 aliphatic heterocycles. The van der Waals surface area contributed by atoms with E-state index in [2.05, 4.69) is 36.1 Å². The van der Waals surface area contributed by atoms with E-state index in [0.717, 1.165) is 31.6 Å². The molecule has 0 aliphatic carbocycles. The Morgan fingerprint density at radius 3 is 2.75 bits per heavy atom. The summed E-state index contributed by atoms with van der Waals surface area (Å²) >= 11 is 0.